The highest BCUT2D eigenvalue weighted by Gasteiger charge is 2.32. The molecule has 1 aliphatic rings. The molecule has 0 bridgehead atoms. The first kappa shape index (κ1) is 9.73. The normalized spacial score (nSPS) is 20.6. The zero-order chi connectivity index (χ0) is 10.2. The summed E-state index contributed by atoms with van der Waals surface area (Å²) < 4.78 is 27.0. The molecular formula is C9H13NO3S. The largest absolute Gasteiger partial charge is 0.465 e. The van der Waals surface area contributed by atoms with E-state index in [4.69, 9.17) is 4.42 Å². The third-order valence-corrected chi connectivity index (χ3v) is 4.09. The maximum Gasteiger partial charge on any atom is 0.153 e. The van der Waals surface area contributed by atoms with Crippen molar-refractivity contribution >= 4 is 9.84 Å². The zero-order valence-corrected chi connectivity index (χ0v) is 8.80. The Morgan fingerprint density at radius 3 is 2.71 bits per heavy atom. The number of hydrogen-bond acceptors (Lipinski definition) is 4. The van der Waals surface area contributed by atoms with Crippen molar-refractivity contribution in [1.82, 2.24) is 5.32 Å². The summed E-state index contributed by atoms with van der Waals surface area (Å²) in [5.41, 5.74) is 0. The number of rotatable bonds is 3. The summed E-state index contributed by atoms with van der Waals surface area (Å²) in [6.45, 7) is 2.49. The summed E-state index contributed by atoms with van der Waals surface area (Å²) in [5.74, 6) is 2.24. The molecule has 0 spiro atoms. The molecule has 1 aliphatic heterocycles. The monoisotopic (exact) mass is 215 g/mol. The molecule has 0 unspecified atom stereocenters. The van der Waals surface area contributed by atoms with E-state index in [0.29, 0.717) is 6.54 Å². The van der Waals surface area contributed by atoms with Crippen LogP contribution < -0.4 is 5.32 Å². The molecule has 0 aliphatic carbocycles. The van der Waals surface area contributed by atoms with Crippen LogP contribution in [0.15, 0.2) is 16.5 Å². The lowest BCUT2D eigenvalue weighted by atomic mass is 10.3. The highest BCUT2D eigenvalue weighted by Crippen LogP contribution is 2.12. The third-order valence-electron chi connectivity index (χ3n) is 2.27. The molecule has 2 heterocycles. The molecule has 1 aromatic rings. The van der Waals surface area contributed by atoms with Gasteiger partial charge >= 0.3 is 0 Å². The van der Waals surface area contributed by atoms with Crippen LogP contribution >= 0.6 is 0 Å². The first-order valence-electron chi connectivity index (χ1n) is 4.54. The van der Waals surface area contributed by atoms with E-state index in [1.165, 1.54) is 0 Å². The lowest BCUT2D eigenvalue weighted by molar-refractivity contribution is 0.437. The van der Waals surface area contributed by atoms with Gasteiger partial charge in [0.1, 0.15) is 11.5 Å². The molecule has 1 aromatic heterocycles. The molecule has 78 valence electrons. The average Bonchev–Trinajstić information content (AvgIpc) is 2.44. The first-order chi connectivity index (χ1) is 6.55. The summed E-state index contributed by atoms with van der Waals surface area (Å²) in [6, 6.07) is 3.90. The Hall–Kier alpha value is -0.810. The molecule has 1 saturated heterocycles. The summed E-state index contributed by atoms with van der Waals surface area (Å²) in [5, 5.41) is 3.13. The van der Waals surface area contributed by atoms with Crippen LogP contribution in [-0.2, 0) is 16.4 Å². The Kier molecular flexibility index (Phi) is 2.36. The van der Waals surface area contributed by atoms with Gasteiger partial charge in [-0.15, -0.1) is 0 Å². The summed E-state index contributed by atoms with van der Waals surface area (Å²) >= 11 is 0. The van der Waals surface area contributed by atoms with Gasteiger partial charge in [-0.1, -0.05) is 0 Å². The van der Waals surface area contributed by atoms with Crippen molar-refractivity contribution in [1.29, 1.82) is 0 Å². The Morgan fingerprint density at radius 2 is 2.21 bits per heavy atom. The van der Waals surface area contributed by atoms with E-state index < -0.39 is 9.84 Å². The van der Waals surface area contributed by atoms with Crippen LogP contribution in [0.3, 0.4) is 0 Å². The fourth-order valence-electron chi connectivity index (χ4n) is 1.51. The lowest BCUT2D eigenvalue weighted by Crippen LogP contribution is -2.50. The fourth-order valence-corrected chi connectivity index (χ4v) is 2.87. The van der Waals surface area contributed by atoms with Gasteiger partial charge in [-0.25, -0.2) is 8.42 Å². The molecule has 1 fully saturated rings. The molecule has 14 heavy (non-hydrogen) atoms. The molecule has 1 N–H and O–H groups in total. The van der Waals surface area contributed by atoms with Crippen LogP contribution in [0.25, 0.3) is 0 Å². The van der Waals surface area contributed by atoms with Gasteiger partial charge in [0.2, 0.25) is 0 Å². The van der Waals surface area contributed by atoms with Crippen LogP contribution in [0.4, 0.5) is 0 Å². The van der Waals surface area contributed by atoms with E-state index in [9.17, 15) is 8.42 Å². The SMILES string of the molecule is Cc1ccc(CNC2CS(=O)(=O)C2)o1. The van der Waals surface area contributed by atoms with Gasteiger partial charge in [-0.05, 0) is 19.1 Å². The maximum atomic E-state index is 10.8. The smallest absolute Gasteiger partial charge is 0.153 e. The van der Waals surface area contributed by atoms with Crippen molar-refractivity contribution in [2.24, 2.45) is 0 Å². The van der Waals surface area contributed by atoms with E-state index in [2.05, 4.69) is 5.32 Å². The molecule has 0 radical (unpaired) electrons. The minimum Gasteiger partial charge on any atom is -0.465 e. The fraction of sp³-hybridized carbons (Fsp3) is 0.556. The van der Waals surface area contributed by atoms with Gasteiger partial charge in [-0.2, -0.15) is 0 Å². The Bertz CT molecular complexity index is 409. The maximum absolute atomic E-state index is 10.8. The van der Waals surface area contributed by atoms with Gasteiger partial charge in [-0.3, -0.25) is 0 Å². The van der Waals surface area contributed by atoms with Gasteiger partial charge in [0.15, 0.2) is 9.84 Å². The summed E-state index contributed by atoms with van der Waals surface area (Å²) in [4.78, 5) is 0. The van der Waals surface area contributed by atoms with Crippen LogP contribution in [0.2, 0.25) is 0 Å². The van der Waals surface area contributed by atoms with E-state index in [0.717, 1.165) is 11.5 Å². The second-order valence-electron chi connectivity index (χ2n) is 3.67. The van der Waals surface area contributed by atoms with E-state index in [1.807, 2.05) is 19.1 Å². The van der Waals surface area contributed by atoms with Gasteiger partial charge < -0.3 is 9.73 Å². The molecule has 2 rings (SSSR count). The Balaban J connectivity index is 1.79. The third kappa shape index (κ3) is 2.16. The van der Waals surface area contributed by atoms with Gasteiger partial charge in [0.05, 0.1) is 18.1 Å². The van der Waals surface area contributed by atoms with Crippen molar-refractivity contribution < 1.29 is 12.8 Å². The molecule has 0 amide bonds. The Labute approximate surface area is 83.2 Å². The quantitative estimate of drug-likeness (QED) is 0.796. The van der Waals surface area contributed by atoms with E-state index in [1.54, 1.807) is 0 Å². The lowest BCUT2D eigenvalue weighted by Gasteiger charge is -2.26. The van der Waals surface area contributed by atoms with Crippen molar-refractivity contribution in [2.75, 3.05) is 11.5 Å². The number of nitrogens with one attached hydrogen (secondary N) is 1. The number of furan rings is 1. The highest BCUT2D eigenvalue weighted by molar-refractivity contribution is 7.92. The standard InChI is InChI=1S/C9H13NO3S/c1-7-2-3-9(13-7)4-10-8-5-14(11,12)6-8/h2-3,8,10H,4-6H2,1H3. The first-order valence-corrected chi connectivity index (χ1v) is 6.36. The van der Waals surface area contributed by atoms with Crippen molar-refractivity contribution in [2.45, 2.75) is 19.5 Å². The number of aryl methyl sites for hydroxylation is 1. The summed E-state index contributed by atoms with van der Waals surface area (Å²) in [7, 11) is -2.72. The average molecular weight is 215 g/mol. The number of hydrogen-bond donors (Lipinski definition) is 1. The minimum atomic E-state index is -2.72. The second-order valence-corrected chi connectivity index (χ2v) is 5.82. The molecular weight excluding hydrogens is 202 g/mol. The molecule has 0 atom stereocenters. The molecule has 4 nitrogen and oxygen atoms in total. The van der Waals surface area contributed by atoms with Crippen LogP contribution in [-0.4, -0.2) is 26.0 Å². The summed E-state index contributed by atoms with van der Waals surface area (Å²) in [6.07, 6.45) is 0. The van der Waals surface area contributed by atoms with Crippen LogP contribution in [0.1, 0.15) is 11.5 Å². The van der Waals surface area contributed by atoms with Crippen molar-refractivity contribution in [3.63, 3.8) is 0 Å². The van der Waals surface area contributed by atoms with E-state index in [-0.39, 0.29) is 17.5 Å². The Morgan fingerprint density at radius 1 is 1.50 bits per heavy atom. The van der Waals surface area contributed by atoms with Crippen molar-refractivity contribution in [3.05, 3.63) is 23.7 Å². The number of sulfone groups is 1. The van der Waals surface area contributed by atoms with Gasteiger partial charge in [0, 0.05) is 6.04 Å². The van der Waals surface area contributed by atoms with Crippen LogP contribution in [0, 0.1) is 6.92 Å². The molecule has 5 heteroatoms. The minimum absolute atomic E-state index is 0.102. The van der Waals surface area contributed by atoms with Crippen molar-refractivity contribution in [3.8, 4) is 0 Å². The molecule has 0 saturated carbocycles. The van der Waals surface area contributed by atoms with Gasteiger partial charge in [0.25, 0.3) is 0 Å². The predicted octanol–water partition coefficient (Wildman–Crippen LogP) is 0.475. The predicted molar refractivity (Wildman–Crippen MR) is 52.7 cm³/mol. The second kappa shape index (κ2) is 3.40. The topological polar surface area (TPSA) is 59.3 Å². The molecule has 0 aromatic carbocycles. The highest BCUT2D eigenvalue weighted by atomic mass is 32.2. The van der Waals surface area contributed by atoms with Crippen LogP contribution in [0.5, 0.6) is 0 Å². The van der Waals surface area contributed by atoms with E-state index >= 15 is 0 Å². The zero-order valence-electron chi connectivity index (χ0n) is 7.99.